The second-order valence-electron chi connectivity index (χ2n) is 6.46. The molecule has 8 heteroatoms. The van der Waals surface area contributed by atoms with Crippen molar-refractivity contribution in [3.63, 3.8) is 0 Å². The number of nitrogens with one attached hydrogen (secondary N) is 1. The lowest BCUT2D eigenvalue weighted by Gasteiger charge is -2.14. The molecule has 0 unspecified atom stereocenters. The fraction of sp³-hybridized carbons (Fsp3) is 0.250. The number of benzene rings is 2. The second-order valence-corrected chi connectivity index (χ2v) is 8.05. The summed E-state index contributed by atoms with van der Waals surface area (Å²) in [6.07, 6.45) is 0. The Hall–Kier alpha value is -2.20. The van der Waals surface area contributed by atoms with Crippen molar-refractivity contribution in [2.45, 2.75) is 32.9 Å². The van der Waals surface area contributed by atoms with Gasteiger partial charge in [-0.25, -0.2) is 4.68 Å². The molecule has 3 aromatic rings. The lowest BCUT2D eigenvalue weighted by molar-refractivity contribution is -0.117. The molecule has 0 aliphatic carbocycles. The molecule has 0 radical (unpaired) electrons. The van der Waals surface area contributed by atoms with Crippen molar-refractivity contribution in [1.29, 1.82) is 0 Å². The number of hydrogen-bond acceptors (Lipinski definition) is 5. The van der Waals surface area contributed by atoms with Crippen LogP contribution in [0.25, 0.3) is 0 Å². The highest BCUT2D eigenvalue weighted by Crippen LogP contribution is 2.26. The van der Waals surface area contributed by atoms with Gasteiger partial charge < -0.3 is 14.5 Å². The third-order valence-electron chi connectivity index (χ3n) is 3.96. The van der Waals surface area contributed by atoms with Crippen molar-refractivity contribution in [2.24, 2.45) is 0 Å². The largest absolute Gasteiger partial charge is 0.484 e. The van der Waals surface area contributed by atoms with Crippen LogP contribution in [0.1, 0.15) is 31.2 Å². The summed E-state index contributed by atoms with van der Waals surface area (Å²) in [5, 5.41) is 7.18. The Morgan fingerprint density at radius 3 is 2.75 bits per heavy atom. The van der Waals surface area contributed by atoms with E-state index in [1.165, 1.54) is 4.68 Å². The number of amides is 1. The van der Waals surface area contributed by atoms with Crippen molar-refractivity contribution in [2.75, 3.05) is 5.32 Å². The first kappa shape index (κ1) is 20.5. The molecule has 1 amide bonds. The van der Waals surface area contributed by atoms with Gasteiger partial charge in [0.25, 0.3) is 10.7 Å². The highest BCUT2D eigenvalue weighted by molar-refractivity contribution is 14.1. The Morgan fingerprint density at radius 2 is 2.04 bits per heavy atom. The summed E-state index contributed by atoms with van der Waals surface area (Å²) < 4.78 is 13.5. The van der Waals surface area contributed by atoms with E-state index in [9.17, 15) is 4.79 Å². The van der Waals surface area contributed by atoms with E-state index >= 15 is 0 Å². The van der Waals surface area contributed by atoms with Gasteiger partial charge in [0.2, 0.25) is 5.91 Å². The Kier molecular flexibility index (Phi) is 6.84. The quantitative estimate of drug-likeness (QED) is 0.353. The van der Waals surface area contributed by atoms with E-state index in [2.05, 4.69) is 52.9 Å². The Morgan fingerprint density at radius 1 is 1.29 bits per heavy atom. The van der Waals surface area contributed by atoms with Crippen molar-refractivity contribution in [3.05, 3.63) is 68.4 Å². The van der Waals surface area contributed by atoms with Crippen LogP contribution in [0.3, 0.4) is 0 Å². The van der Waals surface area contributed by atoms with Gasteiger partial charge in [-0.05, 0) is 76.6 Å². The van der Waals surface area contributed by atoms with Gasteiger partial charge in [-0.2, -0.15) is 0 Å². The lowest BCUT2D eigenvalue weighted by atomic mass is 10.0. The van der Waals surface area contributed by atoms with E-state index in [0.717, 1.165) is 14.8 Å². The first-order valence-electron chi connectivity index (χ1n) is 8.76. The predicted octanol–water partition coefficient (Wildman–Crippen LogP) is 5.15. The van der Waals surface area contributed by atoms with Gasteiger partial charge in [-0.3, -0.25) is 4.79 Å². The van der Waals surface area contributed by atoms with Gasteiger partial charge in [-0.15, -0.1) is 5.10 Å². The molecule has 1 heterocycles. The van der Waals surface area contributed by atoms with E-state index in [1.54, 1.807) is 0 Å². The molecule has 0 saturated carbocycles. The summed E-state index contributed by atoms with van der Waals surface area (Å²) in [5.41, 5.74) is 1.88. The number of hydrogen-bond donors (Lipinski definition) is 1. The van der Waals surface area contributed by atoms with Crippen LogP contribution in [-0.4, -0.2) is 15.7 Å². The minimum Gasteiger partial charge on any atom is -0.484 e. The third-order valence-corrected chi connectivity index (χ3v) is 4.92. The molecule has 0 fully saturated rings. The molecule has 0 aliphatic rings. The van der Waals surface area contributed by atoms with Crippen LogP contribution >= 0.6 is 34.8 Å². The van der Waals surface area contributed by atoms with Crippen molar-refractivity contribution >= 4 is 46.4 Å². The number of rotatable bonds is 7. The number of aromatic nitrogens is 2. The van der Waals surface area contributed by atoms with Crippen LogP contribution in [0.2, 0.25) is 0 Å². The maximum Gasteiger partial charge on any atom is 0.287 e. The SMILES string of the molecule is CC(C)c1cc(I)ccc1NC(=O)Cn1nc(COc2ccccc2)oc1=S. The lowest BCUT2D eigenvalue weighted by Crippen LogP contribution is -2.20. The zero-order valence-electron chi connectivity index (χ0n) is 15.5. The molecule has 0 aliphatic heterocycles. The first-order valence-corrected chi connectivity index (χ1v) is 10.2. The Bertz CT molecular complexity index is 1020. The highest BCUT2D eigenvalue weighted by Gasteiger charge is 2.13. The topological polar surface area (TPSA) is 69.3 Å². The fourth-order valence-electron chi connectivity index (χ4n) is 2.62. The average molecular weight is 509 g/mol. The highest BCUT2D eigenvalue weighted by atomic mass is 127. The van der Waals surface area contributed by atoms with E-state index in [0.29, 0.717) is 17.6 Å². The molecule has 2 aromatic carbocycles. The number of carbonyl (C=O) groups excluding carboxylic acids is 1. The van der Waals surface area contributed by atoms with Crippen molar-refractivity contribution in [3.8, 4) is 5.75 Å². The number of anilines is 1. The summed E-state index contributed by atoms with van der Waals surface area (Å²) in [7, 11) is 0. The van der Waals surface area contributed by atoms with Gasteiger partial charge >= 0.3 is 0 Å². The third kappa shape index (κ3) is 5.41. The number of para-hydroxylation sites is 1. The fourth-order valence-corrected chi connectivity index (χ4v) is 3.34. The molecular formula is C20H20IN3O3S. The monoisotopic (exact) mass is 509 g/mol. The summed E-state index contributed by atoms with van der Waals surface area (Å²) in [6.45, 7) is 4.29. The standard InChI is InChI=1S/C20H20IN3O3S/c1-13(2)16-10-14(21)8-9-17(16)22-18(25)11-24-20(28)27-19(23-24)12-26-15-6-4-3-5-7-15/h3-10,13H,11-12H2,1-2H3,(H,22,25). The minimum atomic E-state index is -0.219. The summed E-state index contributed by atoms with van der Waals surface area (Å²) in [4.78, 5) is 12.6. The number of carbonyl (C=O) groups is 1. The van der Waals surface area contributed by atoms with Crippen LogP contribution in [0, 0.1) is 8.41 Å². The summed E-state index contributed by atoms with van der Waals surface area (Å²) >= 11 is 7.43. The molecule has 3 rings (SSSR count). The maximum absolute atomic E-state index is 12.5. The van der Waals surface area contributed by atoms with Crippen molar-refractivity contribution in [1.82, 2.24) is 9.78 Å². The average Bonchev–Trinajstić information content (AvgIpc) is 3.01. The zero-order chi connectivity index (χ0) is 20.1. The van der Waals surface area contributed by atoms with E-state index in [1.807, 2.05) is 42.5 Å². The second kappa shape index (κ2) is 9.33. The number of ether oxygens (including phenoxy) is 1. The molecule has 1 N–H and O–H groups in total. The molecule has 0 atom stereocenters. The van der Waals surface area contributed by atoms with Crippen LogP contribution in [0.4, 0.5) is 5.69 Å². The van der Waals surface area contributed by atoms with Gasteiger partial charge in [0.15, 0.2) is 6.61 Å². The van der Waals surface area contributed by atoms with E-state index < -0.39 is 0 Å². The first-order chi connectivity index (χ1) is 13.4. The molecule has 0 bridgehead atoms. The molecule has 0 saturated heterocycles. The normalized spacial score (nSPS) is 10.9. The van der Waals surface area contributed by atoms with Gasteiger partial charge in [0.1, 0.15) is 12.3 Å². The van der Waals surface area contributed by atoms with Crippen LogP contribution < -0.4 is 10.1 Å². The molecule has 6 nitrogen and oxygen atoms in total. The van der Waals surface area contributed by atoms with Crippen LogP contribution in [0.5, 0.6) is 5.75 Å². The van der Waals surface area contributed by atoms with E-state index in [-0.39, 0.29) is 23.9 Å². The Balaban J connectivity index is 1.65. The van der Waals surface area contributed by atoms with Crippen LogP contribution in [-0.2, 0) is 17.9 Å². The maximum atomic E-state index is 12.5. The van der Waals surface area contributed by atoms with Gasteiger partial charge in [0.05, 0.1) is 0 Å². The molecule has 146 valence electrons. The Labute approximate surface area is 182 Å². The number of nitrogens with zero attached hydrogens (tertiary/aromatic N) is 2. The van der Waals surface area contributed by atoms with Gasteiger partial charge in [0, 0.05) is 9.26 Å². The molecule has 1 aromatic heterocycles. The van der Waals surface area contributed by atoms with Crippen LogP contribution in [0.15, 0.2) is 52.9 Å². The van der Waals surface area contributed by atoms with Gasteiger partial charge in [-0.1, -0.05) is 32.0 Å². The minimum absolute atomic E-state index is 0.0306. The molecule has 0 spiro atoms. The van der Waals surface area contributed by atoms with E-state index in [4.69, 9.17) is 21.4 Å². The van der Waals surface area contributed by atoms with Crippen molar-refractivity contribution < 1.29 is 13.9 Å². The molecular weight excluding hydrogens is 489 g/mol. The predicted molar refractivity (Wildman–Crippen MR) is 118 cm³/mol. The smallest absolute Gasteiger partial charge is 0.287 e. The molecule has 28 heavy (non-hydrogen) atoms. The zero-order valence-corrected chi connectivity index (χ0v) is 18.5. The summed E-state index contributed by atoms with van der Waals surface area (Å²) in [5.74, 6) is 1.10. The number of halogens is 1. The summed E-state index contributed by atoms with van der Waals surface area (Å²) in [6, 6.07) is 15.3.